The summed E-state index contributed by atoms with van der Waals surface area (Å²) in [5.74, 6) is 8.04. The molecule has 14 atom stereocenters. The number of rotatable bonds is 9. The van der Waals surface area contributed by atoms with E-state index in [9.17, 15) is 9.59 Å². The molecule has 14 unspecified atom stereocenters. The number of carbonyl (C=O) groups excluding carboxylic acids is 2. The maximum absolute atomic E-state index is 13.6. The van der Waals surface area contributed by atoms with E-state index in [0.717, 1.165) is 79.4 Å². The monoisotopic (exact) mass is 807 g/mol. The molecular formula is C52H90N2O4. The molecule has 7 rings (SSSR count). The van der Waals surface area contributed by atoms with Crippen LogP contribution in [0.4, 0.5) is 9.59 Å². The van der Waals surface area contributed by atoms with Crippen LogP contribution in [0.15, 0.2) is 0 Å². The Morgan fingerprint density at radius 3 is 1.57 bits per heavy atom. The molecule has 58 heavy (non-hydrogen) atoms. The molecule has 2 amide bonds. The average Bonchev–Trinajstić information content (AvgIpc) is 3.14. The van der Waals surface area contributed by atoms with Gasteiger partial charge in [-0.25, -0.2) is 9.59 Å². The van der Waals surface area contributed by atoms with Gasteiger partial charge in [0, 0.05) is 23.4 Å². The largest absolute Gasteiger partial charge is 0.449 e. The third-order valence-corrected chi connectivity index (χ3v) is 20.0. The van der Waals surface area contributed by atoms with Crippen molar-refractivity contribution in [1.29, 1.82) is 0 Å². The van der Waals surface area contributed by atoms with E-state index >= 15 is 0 Å². The topological polar surface area (TPSA) is 76.7 Å². The molecule has 7 saturated carbocycles. The molecule has 6 nitrogen and oxygen atoms in total. The fourth-order valence-electron chi connectivity index (χ4n) is 17.4. The summed E-state index contributed by atoms with van der Waals surface area (Å²) < 4.78 is 12.4. The minimum absolute atomic E-state index is 0.0136. The van der Waals surface area contributed by atoms with Crippen LogP contribution in [0.1, 0.15) is 198 Å². The maximum Gasteiger partial charge on any atom is 0.407 e. The van der Waals surface area contributed by atoms with E-state index < -0.39 is 0 Å². The van der Waals surface area contributed by atoms with Crippen molar-refractivity contribution >= 4 is 12.2 Å². The lowest BCUT2D eigenvalue weighted by Gasteiger charge is -2.61. The van der Waals surface area contributed by atoms with E-state index in [1.54, 1.807) is 0 Å². The zero-order valence-corrected chi connectivity index (χ0v) is 39.5. The van der Waals surface area contributed by atoms with Gasteiger partial charge in [-0.05, 0) is 190 Å². The Morgan fingerprint density at radius 1 is 0.603 bits per heavy atom. The van der Waals surface area contributed by atoms with E-state index in [2.05, 4.69) is 86.8 Å². The number of nitrogens with one attached hydrogen (secondary N) is 2. The first-order valence-electron chi connectivity index (χ1n) is 25.0. The van der Waals surface area contributed by atoms with E-state index in [1.807, 2.05) is 0 Å². The van der Waals surface area contributed by atoms with Gasteiger partial charge in [-0.2, -0.15) is 0 Å². The van der Waals surface area contributed by atoms with Crippen LogP contribution in [0.2, 0.25) is 0 Å². The highest BCUT2D eigenvalue weighted by Gasteiger charge is 2.59. The van der Waals surface area contributed by atoms with Gasteiger partial charge in [0.2, 0.25) is 0 Å². The minimum Gasteiger partial charge on any atom is -0.449 e. The van der Waals surface area contributed by atoms with Crippen molar-refractivity contribution in [2.75, 3.05) is 19.8 Å². The van der Waals surface area contributed by atoms with Crippen LogP contribution in [-0.4, -0.2) is 38.0 Å². The van der Waals surface area contributed by atoms with Gasteiger partial charge >= 0.3 is 12.2 Å². The molecule has 0 radical (unpaired) electrons. The summed E-state index contributed by atoms with van der Waals surface area (Å²) in [6, 6.07) is 0.0136. The molecule has 0 heterocycles. The lowest BCUT2D eigenvalue weighted by molar-refractivity contribution is -0.136. The van der Waals surface area contributed by atoms with Crippen LogP contribution in [0.5, 0.6) is 0 Å². The zero-order chi connectivity index (χ0) is 41.9. The van der Waals surface area contributed by atoms with Gasteiger partial charge in [-0.15, -0.1) is 0 Å². The smallest absolute Gasteiger partial charge is 0.407 e. The molecule has 0 spiro atoms. The highest BCUT2D eigenvalue weighted by molar-refractivity contribution is 5.68. The molecule has 0 aromatic carbocycles. The second-order valence-corrected chi connectivity index (χ2v) is 25.6. The van der Waals surface area contributed by atoms with E-state index in [4.69, 9.17) is 9.47 Å². The molecule has 7 fully saturated rings. The Kier molecular flexibility index (Phi) is 12.8. The van der Waals surface area contributed by atoms with E-state index in [1.165, 1.54) is 89.9 Å². The number of alkyl carbamates (subject to hydrolysis) is 2. The lowest BCUT2D eigenvalue weighted by Crippen LogP contribution is -2.55. The fraction of sp³-hybridized carbons (Fsp3) is 0.962. The van der Waals surface area contributed by atoms with Crippen molar-refractivity contribution in [3.05, 3.63) is 0 Å². The Labute approximate surface area is 356 Å². The van der Waals surface area contributed by atoms with Gasteiger partial charge in [0.25, 0.3) is 0 Å². The summed E-state index contributed by atoms with van der Waals surface area (Å²) in [6.07, 6.45) is 23.4. The van der Waals surface area contributed by atoms with Crippen molar-refractivity contribution in [3.63, 3.8) is 0 Å². The minimum atomic E-state index is -0.275. The number of hydrogen-bond acceptors (Lipinski definition) is 4. The molecule has 0 bridgehead atoms. The predicted octanol–water partition coefficient (Wildman–Crippen LogP) is 13.6. The van der Waals surface area contributed by atoms with Crippen LogP contribution in [0, 0.1) is 91.7 Å². The van der Waals surface area contributed by atoms with Crippen molar-refractivity contribution < 1.29 is 19.1 Å². The number of carbonyl (C=O) groups is 2. The summed E-state index contributed by atoms with van der Waals surface area (Å²) in [5, 5.41) is 6.57. The van der Waals surface area contributed by atoms with Gasteiger partial charge in [-0.3, -0.25) is 0 Å². The summed E-state index contributed by atoms with van der Waals surface area (Å²) >= 11 is 0. The SMILES string of the molecule is CC(C)C1CCC2C(CCC3C(C)(COC(=O)NCC4(C)CC(NC(=O)OCC5(C)CCCC6(C)C7CCC(C(C)C)CC7CCC56)CC(C)(C)C4)CCCC23C)C1. The first kappa shape index (κ1) is 44.6. The van der Waals surface area contributed by atoms with Gasteiger partial charge in [-0.1, -0.05) is 89.0 Å². The number of amides is 2. The maximum atomic E-state index is 13.6. The first-order chi connectivity index (χ1) is 27.2. The highest BCUT2D eigenvalue weighted by Crippen LogP contribution is 2.66. The molecule has 0 aromatic heterocycles. The van der Waals surface area contributed by atoms with Crippen molar-refractivity contribution in [3.8, 4) is 0 Å². The molecule has 0 aromatic rings. The Balaban J connectivity index is 0.897. The van der Waals surface area contributed by atoms with Crippen molar-refractivity contribution in [1.82, 2.24) is 10.6 Å². The number of ether oxygens (including phenoxy) is 2. The molecule has 0 saturated heterocycles. The van der Waals surface area contributed by atoms with Crippen LogP contribution < -0.4 is 10.6 Å². The number of hydrogen-bond donors (Lipinski definition) is 2. The third kappa shape index (κ3) is 8.90. The zero-order valence-electron chi connectivity index (χ0n) is 39.5. The van der Waals surface area contributed by atoms with Crippen LogP contribution >= 0.6 is 0 Å². The summed E-state index contributed by atoms with van der Waals surface area (Å²) in [5.41, 5.74) is 0.687. The van der Waals surface area contributed by atoms with Gasteiger partial charge < -0.3 is 20.1 Å². The lowest BCUT2D eigenvalue weighted by atomic mass is 9.44. The molecule has 7 aliphatic carbocycles. The van der Waals surface area contributed by atoms with Gasteiger partial charge in [0.15, 0.2) is 0 Å². The van der Waals surface area contributed by atoms with Gasteiger partial charge in [0.1, 0.15) is 0 Å². The molecule has 332 valence electrons. The fourth-order valence-corrected chi connectivity index (χ4v) is 17.4. The molecular weight excluding hydrogens is 717 g/mol. The standard InChI is InChI=1S/C52H90N2O4/c1-34(2)36-14-18-41-38(26-36)16-20-43-49(8,22-12-24-51(41,43)10)32-57-45(55)53-31-48(7)29-40(28-47(5,6)30-48)54-46(56)58-33-50(9)23-13-25-52(11)42-19-15-37(35(3)4)27-39(42)17-21-44(50)52/h34-44H,12-33H2,1-11H3,(H,53,55)(H,54,56). The van der Waals surface area contributed by atoms with Crippen molar-refractivity contribution in [2.24, 2.45) is 91.7 Å². The predicted molar refractivity (Wildman–Crippen MR) is 237 cm³/mol. The second-order valence-electron chi connectivity index (χ2n) is 25.6. The Bertz CT molecular complexity index is 1460. The Hall–Kier alpha value is -1.46. The normalized spacial score (nSPS) is 46.2. The Morgan fingerprint density at radius 2 is 1.09 bits per heavy atom. The molecule has 2 N–H and O–H groups in total. The third-order valence-electron chi connectivity index (χ3n) is 20.0. The van der Waals surface area contributed by atoms with Crippen LogP contribution in [0.25, 0.3) is 0 Å². The van der Waals surface area contributed by atoms with Gasteiger partial charge in [0.05, 0.1) is 13.2 Å². The average molecular weight is 807 g/mol. The molecule has 0 aliphatic heterocycles. The summed E-state index contributed by atoms with van der Waals surface area (Å²) in [6.45, 7) is 28.3. The van der Waals surface area contributed by atoms with Crippen LogP contribution in [0.3, 0.4) is 0 Å². The number of fused-ring (bicyclic) bond motifs is 6. The van der Waals surface area contributed by atoms with E-state index in [0.29, 0.717) is 42.4 Å². The quantitative estimate of drug-likeness (QED) is 0.243. The van der Waals surface area contributed by atoms with E-state index in [-0.39, 0.29) is 39.9 Å². The summed E-state index contributed by atoms with van der Waals surface area (Å²) in [4.78, 5) is 27.1. The van der Waals surface area contributed by atoms with Crippen LogP contribution in [-0.2, 0) is 9.47 Å². The second kappa shape index (κ2) is 16.7. The first-order valence-corrected chi connectivity index (χ1v) is 25.0. The highest BCUT2D eigenvalue weighted by atomic mass is 16.6. The van der Waals surface area contributed by atoms with Crippen molar-refractivity contribution in [2.45, 2.75) is 204 Å². The molecule has 7 aliphatic rings. The summed E-state index contributed by atoms with van der Waals surface area (Å²) in [7, 11) is 0. The molecule has 6 heteroatoms.